The summed E-state index contributed by atoms with van der Waals surface area (Å²) in [6, 6.07) is 17.7. The molecule has 2 N–H and O–H groups in total. The van der Waals surface area contributed by atoms with Crippen molar-refractivity contribution in [2.45, 2.75) is 6.42 Å². The lowest BCUT2D eigenvalue weighted by molar-refractivity contribution is 0.877. The fraction of sp³-hybridized carbons (Fsp3) is 0.188. The first-order valence-corrected chi connectivity index (χ1v) is 6.26. The van der Waals surface area contributed by atoms with Crippen LogP contribution in [0.15, 0.2) is 48.5 Å². The van der Waals surface area contributed by atoms with Crippen molar-refractivity contribution in [3.05, 3.63) is 59.7 Å². The number of likely N-dealkylation sites (N-methyl/N-ethyl adjacent to an activating group) is 1. The maximum atomic E-state index is 9.10. The van der Waals surface area contributed by atoms with Gasteiger partial charge in [-0.3, -0.25) is 0 Å². The standard InChI is InChI=1S/C16H17N3/c1-19(16-9-5-3-7-14(16)12-17)11-10-13-6-2-4-8-15(13)18/h2-9H,10-11,18H2,1H3. The number of hydrogen-bond acceptors (Lipinski definition) is 3. The smallest absolute Gasteiger partial charge is 0.101 e. The molecule has 0 atom stereocenters. The molecule has 0 saturated carbocycles. The lowest BCUT2D eigenvalue weighted by Crippen LogP contribution is -2.21. The first-order chi connectivity index (χ1) is 9.22. The van der Waals surface area contributed by atoms with Crippen molar-refractivity contribution < 1.29 is 0 Å². The van der Waals surface area contributed by atoms with E-state index in [1.54, 1.807) is 0 Å². The second-order valence-corrected chi connectivity index (χ2v) is 4.50. The Morgan fingerprint density at radius 1 is 1.11 bits per heavy atom. The van der Waals surface area contributed by atoms with Crippen LogP contribution in [-0.4, -0.2) is 13.6 Å². The molecule has 19 heavy (non-hydrogen) atoms. The number of nitrogen functional groups attached to an aromatic ring is 1. The van der Waals surface area contributed by atoms with Gasteiger partial charge in [0, 0.05) is 19.3 Å². The predicted molar refractivity (Wildman–Crippen MR) is 79.0 cm³/mol. The summed E-state index contributed by atoms with van der Waals surface area (Å²) in [7, 11) is 2.00. The van der Waals surface area contributed by atoms with Crippen LogP contribution in [0, 0.1) is 11.3 Å². The number of nitrogens with zero attached hydrogens (tertiary/aromatic N) is 2. The Labute approximate surface area is 113 Å². The Bertz CT molecular complexity index is 599. The molecule has 0 aromatic heterocycles. The Balaban J connectivity index is 2.08. The maximum Gasteiger partial charge on any atom is 0.101 e. The highest BCUT2D eigenvalue weighted by Crippen LogP contribution is 2.19. The fourth-order valence-electron chi connectivity index (χ4n) is 2.07. The van der Waals surface area contributed by atoms with Crippen LogP contribution in [0.25, 0.3) is 0 Å². The van der Waals surface area contributed by atoms with Gasteiger partial charge >= 0.3 is 0 Å². The van der Waals surface area contributed by atoms with Crippen LogP contribution in [0.1, 0.15) is 11.1 Å². The zero-order valence-electron chi connectivity index (χ0n) is 11.0. The van der Waals surface area contributed by atoms with Gasteiger partial charge in [-0.25, -0.2) is 0 Å². The van der Waals surface area contributed by atoms with E-state index < -0.39 is 0 Å². The molecule has 0 radical (unpaired) electrons. The molecule has 0 heterocycles. The zero-order chi connectivity index (χ0) is 13.7. The van der Waals surface area contributed by atoms with Gasteiger partial charge in [-0.1, -0.05) is 30.3 Å². The summed E-state index contributed by atoms with van der Waals surface area (Å²) >= 11 is 0. The quantitative estimate of drug-likeness (QED) is 0.850. The van der Waals surface area contributed by atoms with Crippen LogP contribution in [0.2, 0.25) is 0 Å². The van der Waals surface area contributed by atoms with Crippen LogP contribution in [-0.2, 0) is 6.42 Å². The molecule has 0 amide bonds. The molecule has 96 valence electrons. The topological polar surface area (TPSA) is 53.0 Å². The Kier molecular flexibility index (Phi) is 4.04. The van der Waals surface area contributed by atoms with Gasteiger partial charge in [0.15, 0.2) is 0 Å². The SMILES string of the molecule is CN(CCc1ccccc1N)c1ccccc1C#N. The minimum Gasteiger partial charge on any atom is -0.399 e. The first-order valence-electron chi connectivity index (χ1n) is 6.26. The largest absolute Gasteiger partial charge is 0.399 e. The van der Waals surface area contributed by atoms with Gasteiger partial charge in [0.1, 0.15) is 6.07 Å². The van der Waals surface area contributed by atoms with E-state index in [0.717, 1.165) is 29.9 Å². The van der Waals surface area contributed by atoms with Gasteiger partial charge in [-0.2, -0.15) is 5.26 Å². The average Bonchev–Trinajstić information content (AvgIpc) is 2.46. The summed E-state index contributed by atoms with van der Waals surface area (Å²) < 4.78 is 0. The van der Waals surface area contributed by atoms with Crippen LogP contribution in [0.4, 0.5) is 11.4 Å². The molecule has 3 nitrogen and oxygen atoms in total. The van der Waals surface area contributed by atoms with Crippen molar-refractivity contribution in [3.8, 4) is 6.07 Å². The molecule has 3 heteroatoms. The van der Waals surface area contributed by atoms with Crippen LogP contribution < -0.4 is 10.6 Å². The Morgan fingerprint density at radius 3 is 2.53 bits per heavy atom. The summed E-state index contributed by atoms with van der Waals surface area (Å²) in [4.78, 5) is 2.09. The summed E-state index contributed by atoms with van der Waals surface area (Å²) in [5.41, 5.74) is 9.55. The van der Waals surface area contributed by atoms with E-state index in [2.05, 4.69) is 11.0 Å². The van der Waals surface area contributed by atoms with Gasteiger partial charge in [-0.05, 0) is 30.2 Å². The number of para-hydroxylation sites is 2. The van der Waals surface area contributed by atoms with E-state index in [-0.39, 0.29) is 0 Å². The van der Waals surface area contributed by atoms with Crippen LogP contribution in [0.3, 0.4) is 0 Å². The molecule has 0 bridgehead atoms. The molecule has 0 aliphatic rings. The lowest BCUT2D eigenvalue weighted by atomic mass is 10.1. The average molecular weight is 251 g/mol. The number of rotatable bonds is 4. The van der Waals surface area contributed by atoms with Gasteiger partial charge in [0.2, 0.25) is 0 Å². The molecule has 2 rings (SSSR count). The molecule has 0 saturated heterocycles. The maximum absolute atomic E-state index is 9.10. The minimum atomic E-state index is 0.700. The number of nitriles is 1. The van der Waals surface area contributed by atoms with Crippen molar-refractivity contribution in [3.63, 3.8) is 0 Å². The molecule has 0 spiro atoms. The predicted octanol–water partition coefficient (Wildman–Crippen LogP) is 2.82. The monoisotopic (exact) mass is 251 g/mol. The van der Waals surface area contributed by atoms with Crippen molar-refractivity contribution in [1.82, 2.24) is 0 Å². The molecule has 2 aromatic carbocycles. The third-order valence-electron chi connectivity index (χ3n) is 3.21. The van der Waals surface area contributed by atoms with Gasteiger partial charge in [-0.15, -0.1) is 0 Å². The van der Waals surface area contributed by atoms with E-state index in [4.69, 9.17) is 11.0 Å². The molecule has 0 aliphatic heterocycles. The third-order valence-corrected chi connectivity index (χ3v) is 3.21. The fourth-order valence-corrected chi connectivity index (χ4v) is 2.07. The molecule has 2 aromatic rings. The molecule has 0 aliphatic carbocycles. The van der Waals surface area contributed by atoms with Crippen molar-refractivity contribution in [1.29, 1.82) is 5.26 Å². The second kappa shape index (κ2) is 5.92. The first kappa shape index (κ1) is 13.0. The van der Waals surface area contributed by atoms with E-state index in [0.29, 0.717) is 5.56 Å². The summed E-state index contributed by atoms with van der Waals surface area (Å²) in [6.45, 7) is 0.826. The normalized spacial score (nSPS) is 9.89. The highest BCUT2D eigenvalue weighted by atomic mass is 15.1. The van der Waals surface area contributed by atoms with Crippen LogP contribution in [0.5, 0.6) is 0 Å². The minimum absolute atomic E-state index is 0.700. The van der Waals surface area contributed by atoms with E-state index in [1.165, 1.54) is 0 Å². The summed E-state index contributed by atoms with van der Waals surface area (Å²) in [5.74, 6) is 0. The van der Waals surface area contributed by atoms with E-state index in [1.807, 2.05) is 55.6 Å². The highest BCUT2D eigenvalue weighted by molar-refractivity contribution is 5.59. The Morgan fingerprint density at radius 2 is 1.79 bits per heavy atom. The van der Waals surface area contributed by atoms with E-state index >= 15 is 0 Å². The molecule has 0 fully saturated rings. The number of benzene rings is 2. The van der Waals surface area contributed by atoms with Crippen LogP contribution >= 0.6 is 0 Å². The van der Waals surface area contributed by atoms with Gasteiger partial charge in [0.05, 0.1) is 11.3 Å². The van der Waals surface area contributed by atoms with Gasteiger partial charge in [0.25, 0.3) is 0 Å². The summed E-state index contributed by atoms with van der Waals surface area (Å²) in [6.07, 6.45) is 0.864. The lowest BCUT2D eigenvalue weighted by Gasteiger charge is -2.20. The van der Waals surface area contributed by atoms with E-state index in [9.17, 15) is 0 Å². The molecular formula is C16H17N3. The Hall–Kier alpha value is -2.47. The zero-order valence-corrected chi connectivity index (χ0v) is 11.0. The third kappa shape index (κ3) is 3.05. The van der Waals surface area contributed by atoms with Crippen molar-refractivity contribution >= 4 is 11.4 Å². The highest BCUT2D eigenvalue weighted by Gasteiger charge is 2.07. The second-order valence-electron chi connectivity index (χ2n) is 4.50. The molecule has 0 unspecified atom stereocenters. The van der Waals surface area contributed by atoms with Crippen molar-refractivity contribution in [2.24, 2.45) is 0 Å². The van der Waals surface area contributed by atoms with Gasteiger partial charge < -0.3 is 10.6 Å². The van der Waals surface area contributed by atoms with Crippen molar-refractivity contribution in [2.75, 3.05) is 24.2 Å². The number of nitrogens with two attached hydrogens (primary N) is 1. The molecular weight excluding hydrogens is 234 g/mol. The number of anilines is 2. The number of hydrogen-bond donors (Lipinski definition) is 1. The summed E-state index contributed by atoms with van der Waals surface area (Å²) in [5, 5.41) is 9.10.